The van der Waals surface area contributed by atoms with Gasteiger partial charge in [-0.1, -0.05) is 63.8 Å². The Labute approximate surface area is 94.7 Å². The molecule has 0 nitrogen and oxygen atoms in total. The Hall–Kier alpha value is -0.780. The molecule has 0 aliphatic rings. The number of aryl methyl sites for hydroxylation is 2. The van der Waals surface area contributed by atoms with E-state index in [1.54, 1.807) is 11.1 Å². The maximum atomic E-state index is 3.88. The van der Waals surface area contributed by atoms with Crippen molar-refractivity contribution >= 4 is 0 Å². The van der Waals surface area contributed by atoms with E-state index < -0.39 is 0 Å². The maximum Gasteiger partial charge on any atom is -0.0276 e. The van der Waals surface area contributed by atoms with Crippen LogP contribution >= 0.6 is 0 Å². The van der Waals surface area contributed by atoms with Gasteiger partial charge in [-0.15, -0.1) is 0 Å². The van der Waals surface area contributed by atoms with Crippen LogP contribution in [0.25, 0.3) is 0 Å². The van der Waals surface area contributed by atoms with Gasteiger partial charge >= 0.3 is 0 Å². The van der Waals surface area contributed by atoms with Crippen LogP contribution in [0.5, 0.6) is 0 Å². The fourth-order valence-corrected chi connectivity index (χ4v) is 1.98. The van der Waals surface area contributed by atoms with Crippen molar-refractivity contribution < 1.29 is 0 Å². The topological polar surface area (TPSA) is 0 Å². The van der Waals surface area contributed by atoms with Crippen molar-refractivity contribution in [2.24, 2.45) is 0 Å². The van der Waals surface area contributed by atoms with Gasteiger partial charge in [-0.2, -0.15) is 0 Å². The molecule has 0 aromatic heterocycles. The molecule has 0 saturated heterocycles. The van der Waals surface area contributed by atoms with Crippen LogP contribution in [0.4, 0.5) is 0 Å². The van der Waals surface area contributed by atoms with Gasteiger partial charge in [0.1, 0.15) is 0 Å². The van der Waals surface area contributed by atoms with Crippen molar-refractivity contribution in [1.29, 1.82) is 0 Å². The van der Waals surface area contributed by atoms with Crippen molar-refractivity contribution in [2.75, 3.05) is 0 Å². The largest absolute Gasteiger partial charge is 0.0651 e. The van der Waals surface area contributed by atoms with Crippen molar-refractivity contribution in [3.05, 3.63) is 42.3 Å². The predicted octanol–water partition coefficient (Wildman–Crippen LogP) is 4.58. The van der Waals surface area contributed by atoms with Crippen LogP contribution < -0.4 is 0 Å². The van der Waals surface area contributed by atoms with E-state index in [-0.39, 0.29) is 0 Å². The number of benzene rings is 1. The summed E-state index contributed by atoms with van der Waals surface area (Å²) in [4.78, 5) is 0. The molecule has 0 spiro atoms. The highest BCUT2D eigenvalue weighted by molar-refractivity contribution is 5.27. The van der Waals surface area contributed by atoms with Crippen LogP contribution in [0.1, 0.15) is 50.2 Å². The first-order chi connectivity index (χ1) is 7.38. The normalized spacial score (nSPS) is 10.5. The number of hydrogen-bond acceptors (Lipinski definition) is 0. The van der Waals surface area contributed by atoms with Crippen LogP contribution in [0.3, 0.4) is 0 Å². The number of unbranched alkanes of at least 4 members (excludes halogenated alkanes) is 3. The zero-order valence-corrected chi connectivity index (χ0v) is 9.97. The Bertz CT molecular complexity index is 262. The first-order valence-corrected chi connectivity index (χ1v) is 6.24. The molecule has 0 amide bonds. The third-order valence-corrected chi connectivity index (χ3v) is 2.83. The number of rotatable bonds is 7. The van der Waals surface area contributed by atoms with Crippen molar-refractivity contribution in [1.82, 2.24) is 0 Å². The van der Waals surface area contributed by atoms with Crippen LogP contribution in [-0.4, -0.2) is 0 Å². The molecule has 15 heavy (non-hydrogen) atoms. The van der Waals surface area contributed by atoms with Gasteiger partial charge in [0.05, 0.1) is 0 Å². The summed E-state index contributed by atoms with van der Waals surface area (Å²) in [5, 5.41) is 0. The summed E-state index contributed by atoms with van der Waals surface area (Å²) < 4.78 is 0. The fourth-order valence-electron chi connectivity index (χ4n) is 1.98. The zero-order chi connectivity index (χ0) is 10.9. The maximum absolute atomic E-state index is 3.88. The van der Waals surface area contributed by atoms with Gasteiger partial charge in [-0.05, 0) is 30.4 Å². The van der Waals surface area contributed by atoms with Crippen LogP contribution in [-0.2, 0) is 12.8 Å². The van der Waals surface area contributed by atoms with E-state index in [0.717, 1.165) is 6.42 Å². The molecule has 1 aromatic carbocycles. The molecule has 83 valence electrons. The molecule has 0 fully saturated rings. The van der Waals surface area contributed by atoms with E-state index in [1.807, 2.05) is 0 Å². The first kappa shape index (κ1) is 12.3. The summed E-state index contributed by atoms with van der Waals surface area (Å²) in [5.74, 6) is 0. The summed E-state index contributed by atoms with van der Waals surface area (Å²) in [6.07, 6.45) is 8.71. The molecular weight excluding hydrogens is 180 g/mol. The van der Waals surface area contributed by atoms with E-state index in [2.05, 4.69) is 38.1 Å². The third kappa shape index (κ3) is 4.51. The third-order valence-electron chi connectivity index (χ3n) is 2.83. The molecule has 0 aliphatic carbocycles. The second kappa shape index (κ2) is 7.50. The lowest BCUT2D eigenvalue weighted by atomic mass is 9.98. The molecule has 0 bridgehead atoms. The molecule has 0 saturated carbocycles. The molecule has 1 rings (SSSR count). The molecule has 0 heteroatoms. The van der Waals surface area contributed by atoms with Crippen LogP contribution in [0, 0.1) is 6.92 Å². The smallest absolute Gasteiger partial charge is 0.0276 e. The molecule has 1 aromatic rings. The SMILES string of the molecule is [CH2]CCCCCc1ccccc1CCC. The average molecular weight is 203 g/mol. The predicted molar refractivity (Wildman–Crippen MR) is 68.0 cm³/mol. The second-order valence-corrected chi connectivity index (χ2v) is 4.18. The summed E-state index contributed by atoms with van der Waals surface area (Å²) in [5.41, 5.74) is 3.11. The second-order valence-electron chi connectivity index (χ2n) is 4.18. The Kier molecular flexibility index (Phi) is 6.15. The Balaban J connectivity index is 2.44. The van der Waals surface area contributed by atoms with E-state index in [0.29, 0.717) is 0 Å². The van der Waals surface area contributed by atoms with Crippen LogP contribution in [0.15, 0.2) is 24.3 Å². The standard InChI is InChI=1S/C15H23/c1-3-5-6-7-11-15-13-9-8-12-14(15)10-4-2/h8-9,12-13H,1,3-7,10-11H2,2H3. The summed E-state index contributed by atoms with van der Waals surface area (Å²) in [7, 11) is 0. The van der Waals surface area contributed by atoms with Crippen molar-refractivity contribution in [3.63, 3.8) is 0 Å². The van der Waals surface area contributed by atoms with Crippen molar-refractivity contribution in [2.45, 2.75) is 51.9 Å². The highest BCUT2D eigenvalue weighted by Crippen LogP contribution is 2.14. The molecule has 0 N–H and O–H groups in total. The van der Waals surface area contributed by atoms with E-state index in [9.17, 15) is 0 Å². The first-order valence-electron chi connectivity index (χ1n) is 6.24. The van der Waals surface area contributed by atoms with Crippen molar-refractivity contribution in [3.8, 4) is 0 Å². The van der Waals surface area contributed by atoms with Gasteiger partial charge in [-0.3, -0.25) is 0 Å². The lowest BCUT2D eigenvalue weighted by molar-refractivity contribution is 0.682. The fraction of sp³-hybridized carbons (Fsp3) is 0.533. The monoisotopic (exact) mass is 203 g/mol. The highest BCUT2D eigenvalue weighted by Gasteiger charge is 2.00. The van der Waals surface area contributed by atoms with Gasteiger partial charge < -0.3 is 0 Å². The minimum absolute atomic E-state index is 1.08. The zero-order valence-electron chi connectivity index (χ0n) is 9.97. The Morgan fingerprint density at radius 3 is 2.20 bits per heavy atom. The van der Waals surface area contributed by atoms with Gasteiger partial charge in [0.25, 0.3) is 0 Å². The van der Waals surface area contributed by atoms with Gasteiger partial charge in [-0.25, -0.2) is 0 Å². The molecule has 0 atom stereocenters. The minimum Gasteiger partial charge on any atom is -0.0651 e. The van der Waals surface area contributed by atoms with E-state index >= 15 is 0 Å². The quantitative estimate of drug-likeness (QED) is 0.569. The summed E-state index contributed by atoms with van der Waals surface area (Å²) in [6.45, 7) is 6.13. The lowest BCUT2D eigenvalue weighted by Gasteiger charge is -2.08. The van der Waals surface area contributed by atoms with E-state index in [1.165, 1.54) is 38.5 Å². The summed E-state index contributed by atoms with van der Waals surface area (Å²) >= 11 is 0. The minimum atomic E-state index is 1.08. The summed E-state index contributed by atoms with van der Waals surface area (Å²) in [6, 6.07) is 8.88. The molecule has 1 radical (unpaired) electrons. The molecule has 0 heterocycles. The Morgan fingerprint density at radius 2 is 1.60 bits per heavy atom. The average Bonchev–Trinajstić information content (AvgIpc) is 2.27. The molecular formula is C15H23. The molecule has 0 aliphatic heterocycles. The Morgan fingerprint density at radius 1 is 0.933 bits per heavy atom. The number of hydrogen-bond donors (Lipinski definition) is 0. The lowest BCUT2D eigenvalue weighted by Crippen LogP contribution is -1.94. The molecule has 0 unspecified atom stereocenters. The van der Waals surface area contributed by atoms with E-state index in [4.69, 9.17) is 0 Å². The van der Waals surface area contributed by atoms with Crippen LogP contribution in [0.2, 0.25) is 0 Å². The van der Waals surface area contributed by atoms with Gasteiger partial charge in [0.15, 0.2) is 0 Å². The van der Waals surface area contributed by atoms with Gasteiger partial charge in [0.2, 0.25) is 0 Å². The highest BCUT2D eigenvalue weighted by atomic mass is 14.1. The van der Waals surface area contributed by atoms with Gasteiger partial charge in [0, 0.05) is 0 Å².